The molecule has 0 saturated carbocycles. The van der Waals surface area contributed by atoms with Crippen LogP contribution in [0, 0.1) is 11.8 Å². The van der Waals surface area contributed by atoms with Crippen LogP contribution in [0.3, 0.4) is 0 Å². The number of nitrogens with zero attached hydrogens (tertiary/aromatic N) is 5. The van der Waals surface area contributed by atoms with Crippen LogP contribution in [0.25, 0.3) is 0 Å². The molecule has 3 aliphatic rings. The maximum atomic E-state index is 13.4. The van der Waals surface area contributed by atoms with Crippen LogP contribution in [0.2, 0.25) is 0 Å². The van der Waals surface area contributed by atoms with Crippen LogP contribution in [-0.4, -0.2) is 68.1 Å². The van der Waals surface area contributed by atoms with Crippen molar-refractivity contribution in [1.29, 1.82) is 0 Å². The van der Waals surface area contributed by atoms with E-state index in [1.807, 2.05) is 35.0 Å². The Hall–Kier alpha value is -2.74. The molecular formula is C24H32N6O2. The van der Waals surface area contributed by atoms with Crippen molar-refractivity contribution in [1.82, 2.24) is 29.9 Å². The number of aromatic nitrogens is 3. The number of nitrogens with one attached hydrogen (secondary N) is 1. The molecule has 3 saturated heterocycles. The summed E-state index contributed by atoms with van der Waals surface area (Å²) in [4.78, 5) is 34.9. The smallest absolute Gasteiger partial charge is 0.243 e. The zero-order chi connectivity index (χ0) is 22.1. The summed E-state index contributed by atoms with van der Waals surface area (Å²) in [6.45, 7) is 3.24. The SMILES string of the molecule is Cn1cc(CN2C[C@H]3C[C@@H](C2)[C@H](C(=O)NCCc2ccncc2)N2C(=O)CCC[C@@H]32)cn1. The van der Waals surface area contributed by atoms with E-state index in [1.165, 1.54) is 5.56 Å². The average Bonchev–Trinajstić information content (AvgIpc) is 3.19. The van der Waals surface area contributed by atoms with Crippen molar-refractivity contribution in [3.8, 4) is 0 Å². The second kappa shape index (κ2) is 9.02. The van der Waals surface area contributed by atoms with Gasteiger partial charge in [-0.25, -0.2) is 0 Å². The monoisotopic (exact) mass is 436 g/mol. The average molecular weight is 437 g/mol. The molecule has 4 atom stereocenters. The van der Waals surface area contributed by atoms with Gasteiger partial charge in [0.1, 0.15) is 6.04 Å². The number of fused-ring (bicyclic) bond motifs is 4. The highest BCUT2D eigenvalue weighted by Gasteiger charge is 2.51. The summed E-state index contributed by atoms with van der Waals surface area (Å²) >= 11 is 0. The lowest BCUT2D eigenvalue weighted by Gasteiger charge is -2.55. The van der Waals surface area contributed by atoms with E-state index in [9.17, 15) is 9.59 Å². The van der Waals surface area contributed by atoms with Crippen LogP contribution in [0.4, 0.5) is 0 Å². The molecule has 0 aliphatic carbocycles. The van der Waals surface area contributed by atoms with Gasteiger partial charge >= 0.3 is 0 Å². The summed E-state index contributed by atoms with van der Waals surface area (Å²) in [5, 5.41) is 7.44. The molecule has 8 heteroatoms. The van der Waals surface area contributed by atoms with E-state index in [-0.39, 0.29) is 29.8 Å². The molecule has 0 unspecified atom stereocenters. The van der Waals surface area contributed by atoms with E-state index >= 15 is 0 Å². The van der Waals surface area contributed by atoms with E-state index in [0.29, 0.717) is 18.9 Å². The Bertz CT molecular complexity index is 960. The van der Waals surface area contributed by atoms with Gasteiger partial charge in [-0.05, 0) is 49.3 Å². The summed E-state index contributed by atoms with van der Waals surface area (Å²) < 4.78 is 1.83. The molecule has 32 heavy (non-hydrogen) atoms. The van der Waals surface area contributed by atoms with Gasteiger partial charge in [0.05, 0.1) is 6.20 Å². The van der Waals surface area contributed by atoms with Crippen molar-refractivity contribution >= 4 is 11.8 Å². The van der Waals surface area contributed by atoms with Crippen LogP contribution in [0.1, 0.15) is 36.8 Å². The third-order valence-corrected chi connectivity index (χ3v) is 7.31. The Labute approximate surface area is 189 Å². The number of pyridine rings is 1. The lowest BCUT2D eigenvalue weighted by atomic mass is 9.71. The molecule has 3 fully saturated rings. The second-order valence-corrected chi connectivity index (χ2v) is 9.57. The van der Waals surface area contributed by atoms with Crippen LogP contribution >= 0.6 is 0 Å². The molecule has 8 nitrogen and oxygen atoms in total. The fourth-order valence-electron chi connectivity index (χ4n) is 6.02. The van der Waals surface area contributed by atoms with E-state index in [1.54, 1.807) is 12.4 Å². The van der Waals surface area contributed by atoms with Crippen molar-refractivity contribution in [3.05, 3.63) is 48.0 Å². The number of carbonyl (C=O) groups excluding carboxylic acids is 2. The number of hydrogen-bond donors (Lipinski definition) is 1. The number of piperidine rings is 3. The fraction of sp³-hybridized carbons (Fsp3) is 0.583. The highest BCUT2D eigenvalue weighted by molar-refractivity contribution is 5.89. The van der Waals surface area contributed by atoms with E-state index in [0.717, 1.165) is 50.9 Å². The quantitative estimate of drug-likeness (QED) is 0.740. The highest BCUT2D eigenvalue weighted by Crippen LogP contribution is 2.42. The van der Waals surface area contributed by atoms with Crippen molar-refractivity contribution < 1.29 is 9.59 Å². The standard InChI is InChI=1S/C24H32N6O2/c1-28-13-18(12-27-28)14-29-15-19-11-20(16-29)23(30-21(19)3-2-4-22(30)31)24(32)26-10-7-17-5-8-25-9-6-17/h5-6,8-9,12-13,19-21,23H,2-4,7,10-11,14-16H2,1H3,(H,26,32)/t19-,20+,21+,23-/m1/s1. The Morgan fingerprint density at radius 3 is 2.78 bits per heavy atom. The summed E-state index contributed by atoms with van der Waals surface area (Å²) in [6, 6.07) is 3.76. The molecule has 2 amide bonds. The topological polar surface area (TPSA) is 83.4 Å². The number of hydrogen-bond acceptors (Lipinski definition) is 5. The third kappa shape index (κ3) is 4.28. The number of rotatable bonds is 6. The summed E-state index contributed by atoms with van der Waals surface area (Å²) in [6.07, 6.45) is 11.8. The molecule has 0 spiro atoms. The maximum Gasteiger partial charge on any atom is 0.243 e. The molecule has 0 aromatic carbocycles. The van der Waals surface area contributed by atoms with Gasteiger partial charge in [0.15, 0.2) is 0 Å². The number of amides is 2. The second-order valence-electron chi connectivity index (χ2n) is 9.57. The van der Waals surface area contributed by atoms with Crippen molar-refractivity contribution in [2.45, 2.75) is 50.7 Å². The zero-order valence-electron chi connectivity index (χ0n) is 18.7. The van der Waals surface area contributed by atoms with Crippen LogP contribution in [0.5, 0.6) is 0 Å². The van der Waals surface area contributed by atoms with E-state index in [2.05, 4.69) is 26.5 Å². The van der Waals surface area contributed by atoms with Crippen molar-refractivity contribution in [3.63, 3.8) is 0 Å². The molecule has 2 bridgehead atoms. The van der Waals surface area contributed by atoms with Crippen molar-refractivity contribution in [2.24, 2.45) is 18.9 Å². The molecule has 2 aromatic heterocycles. The predicted molar refractivity (Wildman–Crippen MR) is 119 cm³/mol. The summed E-state index contributed by atoms with van der Waals surface area (Å²) in [5.74, 6) is 0.775. The third-order valence-electron chi connectivity index (χ3n) is 7.31. The van der Waals surface area contributed by atoms with Crippen LogP contribution < -0.4 is 5.32 Å². The van der Waals surface area contributed by atoms with Crippen LogP contribution in [-0.2, 0) is 29.6 Å². The highest BCUT2D eigenvalue weighted by atomic mass is 16.2. The van der Waals surface area contributed by atoms with Gasteiger partial charge < -0.3 is 10.2 Å². The normalized spacial score (nSPS) is 27.8. The zero-order valence-corrected chi connectivity index (χ0v) is 18.7. The Kier molecular flexibility index (Phi) is 5.95. The van der Waals surface area contributed by atoms with Gasteiger partial charge in [0.2, 0.25) is 11.8 Å². The predicted octanol–water partition coefficient (Wildman–Crippen LogP) is 1.38. The van der Waals surface area contributed by atoms with Crippen LogP contribution in [0.15, 0.2) is 36.9 Å². The first-order chi connectivity index (χ1) is 15.6. The number of carbonyl (C=O) groups is 2. The Balaban J connectivity index is 1.31. The number of aryl methyl sites for hydroxylation is 1. The molecule has 5 rings (SSSR count). The lowest BCUT2D eigenvalue weighted by Crippen LogP contribution is -2.68. The maximum absolute atomic E-state index is 13.4. The van der Waals surface area contributed by atoms with E-state index < -0.39 is 0 Å². The molecule has 1 N–H and O–H groups in total. The van der Waals surface area contributed by atoms with Gasteiger partial charge in [-0.1, -0.05) is 0 Å². The molecule has 0 radical (unpaired) electrons. The fourth-order valence-corrected chi connectivity index (χ4v) is 6.02. The van der Waals surface area contributed by atoms with Gasteiger partial charge in [-0.15, -0.1) is 0 Å². The first-order valence-electron chi connectivity index (χ1n) is 11.8. The molecule has 2 aromatic rings. The summed E-state index contributed by atoms with van der Waals surface area (Å²) in [5.41, 5.74) is 2.35. The molecule has 3 aliphatic heterocycles. The molecule has 170 valence electrons. The van der Waals surface area contributed by atoms with E-state index in [4.69, 9.17) is 0 Å². The minimum Gasteiger partial charge on any atom is -0.354 e. The molecular weight excluding hydrogens is 404 g/mol. The van der Waals surface area contributed by atoms with Gasteiger partial charge in [0, 0.05) is 75.8 Å². The largest absolute Gasteiger partial charge is 0.354 e. The van der Waals surface area contributed by atoms with Crippen molar-refractivity contribution in [2.75, 3.05) is 19.6 Å². The van der Waals surface area contributed by atoms with Gasteiger partial charge in [-0.3, -0.25) is 24.2 Å². The Morgan fingerprint density at radius 1 is 1.19 bits per heavy atom. The lowest BCUT2D eigenvalue weighted by molar-refractivity contribution is -0.160. The number of likely N-dealkylation sites (tertiary alicyclic amines) is 1. The minimum atomic E-state index is -0.363. The molecule has 5 heterocycles. The minimum absolute atomic E-state index is 0.00554. The first-order valence-corrected chi connectivity index (χ1v) is 11.8. The van der Waals surface area contributed by atoms with Gasteiger partial charge in [0.25, 0.3) is 0 Å². The Morgan fingerprint density at radius 2 is 2.00 bits per heavy atom. The summed E-state index contributed by atoms with van der Waals surface area (Å²) in [7, 11) is 1.94. The van der Waals surface area contributed by atoms with Gasteiger partial charge in [-0.2, -0.15) is 5.10 Å². The first kappa shape index (κ1) is 21.1.